The number of anilines is 6. The fourth-order valence-corrected chi connectivity index (χ4v) is 7.35. The van der Waals surface area contributed by atoms with E-state index in [0.717, 1.165) is 39.0 Å². The van der Waals surface area contributed by atoms with Gasteiger partial charge in [-0.15, -0.1) is 0 Å². The average molecular weight is 764 g/mol. The van der Waals surface area contributed by atoms with Gasteiger partial charge in [-0.1, -0.05) is 18.1 Å². The van der Waals surface area contributed by atoms with E-state index in [4.69, 9.17) is 4.74 Å². The Morgan fingerprint density at radius 3 is 2.47 bits per heavy atom. The fraction of sp³-hybridized carbons (Fsp3) is 0.424. The van der Waals surface area contributed by atoms with Crippen molar-refractivity contribution in [1.29, 1.82) is 0 Å². The van der Waals surface area contributed by atoms with Gasteiger partial charge < -0.3 is 35.5 Å². The molecule has 2 aromatic carbocycles. The third-order valence-corrected chi connectivity index (χ3v) is 10.3. The van der Waals surface area contributed by atoms with Crippen LogP contribution in [-0.2, 0) is 9.36 Å². The molecule has 0 atom stereocenters. The van der Waals surface area contributed by atoms with Crippen LogP contribution in [-0.4, -0.2) is 92.2 Å². The van der Waals surface area contributed by atoms with Crippen LogP contribution >= 0.6 is 23.1 Å². The second-order valence-electron chi connectivity index (χ2n) is 12.1. The summed E-state index contributed by atoms with van der Waals surface area (Å²) in [6.45, 7) is 8.43. The smallest absolute Gasteiger partial charge is 0.422 e. The number of halogens is 4. The SMILES string of the molecule is CC#CC(=O)Nc1cc(Nc2ncc(Br)c(Nc3ccccc3P(C)(C)=O)n2)c(OCC(F)(F)F)cc1N1CCC(N2CCNCC2)CC1. The van der Waals surface area contributed by atoms with Crippen molar-refractivity contribution in [2.75, 3.05) is 80.1 Å². The van der Waals surface area contributed by atoms with Crippen LogP contribution in [0.25, 0.3) is 0 Å². The molecule has 0 saturated carbocycles. The monoisotopic (exact) mass is 762 g/mol. The Morgan fingerprint density at radius 1 is 1.08 bits per heavy atom. The lowest BCUT2D eigenvalue weighted by Crippen LogP contribution is -2.52. The van der Waals surface area contributed by atoms with E-state index in [-0.39, 0.29) is 17.4 Å². The second-order valence-corrected chi connectivity index (χ2v) is 16.1. The number of piperidine rings is 1. The highest BCUT2D eigenvalue weighted by atomic mass is 79.9. The van der Waals surface area contributed by atoms with Crippen molar-refractivity contribution in [1.82, 2.24) is 20.2 Å². The highest BCUT2D eigenvalue weighted by Gasteiger charge is 2.31. The molecule has 5 rings (SSSR count). The predicted octanol–water partition coefficient (Wildman–Crippen LogP) is 5.75. The summed E-state index contributed by atoms with van der Waals surface area (Å²) in [7, 11) is -2.65. The molecular formula is C33H39BrF3N8O3P. The van der Waals surface area contributed by atoms with E-state index in [1.54, 1.807) is 37.6 Å². The topological polar surface area (TPSA) is 124 Å². The lowest BCUT2D eigenvalue weighted by atomic mass is 10.0. The molecule has 1 aromatic heterocycles. The molecule has 49 heavy (non-hydrogen) atoms. The first-order chi connectivity index (χ1) is 23.3. The van der Waals surface area contributed by atoms with E-state index in [0.29, 0.717) is 51.8 Å². The zero-order valence-corrected chi connectivity index (χ0v) is 29.9. The number of carbonyl (C=O) groups is 1. The minimum Gasteiger partial charge on any atom is -0.482 e. The van der Waals surface area contributed by atoms with Gasteiger partial charge in [0.25, 0.3) is 5.91 Å². The summed E-state index contributed by atoms with van der Waals surface area (Å²) in [5.74, 6) is 4.74. The fourth-order valence-electron chi connectivity index (χ4n) is 5.91. The molecule has 3 heterocycles. The van der Waals surface area contributed by atoms with E-state index in [1.165, 1.54) is 25.3 Å². The number of rotatable bonds is 10. The summed E-state index contributed by atoms with van der Waals surface area (Å²) in [6, 6.07) is 10.6. The van der Waals surface area contributed by atoms with Crippen LogP contribution in [0.5, 0.6) is 5.75 Å². The number of aromatic nitrogens is 2. The lowest BCUT2D eigenvalue weighted by molar-refractivity contribution is -0.153. The molecule has 262 valence electrons. The molecule has 2 aliphatic rings. The molecule has 0 radical (unpaired) electrons. The van der Waals surface area contributed by atoms with Crippen molar-refractivity contribution in [2.45, 2.75) is 32.0 Å². The third-order valence-electron chi connectivity index (χ3n) is 8.18. The Morgan fingerprint density at radius 2 is 1.80 bits per heavy atom. The van der Waals surface area contributed by atoms with Crippen molar-refractivity contribution < 1.29 is 27.3 Å². The highest BCUT2D eigenvalue weighted by molar-refractivity contribution is 9.10. The van der Waals surface area contributed by atoms with Crippen molar-refractivity contribution in [3.63, 3.8) is 0 Å². The molecule has 0 aliphatic carbocycles. The van der Waals surface area contributed by atoms with Crippen LogP contribution < -0.4 is 36.2 Å². The van der Waals surface area contributed by atoms with Gasteiger partial charge in [0.2, 0.25) is 5.95 Å². The number of para-hydroxylation sites is 1. The number of nitrogens with one attached hydrogen (secondary N) is 4. The van der Waals surface area contributed by atoms with Crippen LogP contribution in [0.15, 0.2) is 47.1 Å². The Bertz CT molecular complexity index is 1760. The number of amides is 1. The van der Waals surface area contributed by atoms with E-state index in [2.05, 4.69) is 63.9 Å². The lowest BCUT2D eigenvalue weighted by Gasteiger charge is -2.41. The largest absolute Gasteiger partial charge is 0.482 e. The number of hydrogen-bond donors (Lipinski definition) is 4. The van der Waals surface area contributed by atoms with Gasteiger partial charge in [0.05, 0.1) is 27.2 Å². The van der Waals surface area contributed by atoms with E-state index in [9.17, 15) is 22.5 Å². The maximum Gasteiger partial charge on any atom is 0.422 e. The van der Waals surface area contributed by atoms with Crippen LogP contribution in [0.2, 0.25) is 0 Å². The first-order valence-electron chi connectivity index (χ1n) is 15.8. The Labute approximate surface area is 292 Å². The van der Waals surface area contributed by atoms with Crippen molar-refractivity contribution in [2.24, 2.45) is 0 Å². The Hall–Kier alpha value is -3.83. The number of piperazine rings is 1. The van der Waals surface area contributed by atoms with Crippen molar-refractivity contribution >= 4 is 68.8 Å². The number of carbonyl (C=O) groups excluding carboxylic acids is 1. The van der Waals surface area contributed by atoms with E-state index in [1.807, 2.05) is 4.90 Å². The molecule has 1 amide bonds. The molecule has 11 nitrogen and oxygen atoms in total. The third kappa shape index (κ3) is 9.88. The molecule has 3 aromatic rings. The van der Waals surface area contributed by atoms with Gasteiger partial charge in [-0.05, 0) is 73.1 Å². The van der Waals surface area contributed by atoms with Gasteiger partial charge in [-0.25, -0.2) is 4.98 Å². The zero-order chi connectivity index (χ0) is 35.2. The minimum absolute atomic E-state index is 0.0337. The van der Waals surface area contributed by atoms with E-state index >= 15 is 0 Å². The van der Waals surface area contributed by atoms with Gasteiger partial charge in [0, 0.05) is 62.9 Å². The van der Waals surface area contributed by atoms with Crippen LogP contribution in [0.3, 0.4) is 0 Å². The standard InChI is InChI=1S/C33H39BrF3N8O3P/c1-4-7-30(46)40-25-18-26(42-32-39-20-23(34)31(43-32)41-24-8-5-6-9-29(24)49(2,3)47)28(48-21-33(35,36)37)19-27(25)45-14-10-22(11-15-45)44-16-12-38-13-17-44/h5-6,8-9,18-20,22,38H,10-17,21H2,1-3H3,(H,40,46)(H2,39,41,42,43). The molecule has 0 unspecified atom stereocenters. The first-order valence-corrected chi connectivity index (χ1v) is 19.2. The molecule has 2 saturated heterocycles. The Kier molecular flexibility index (Phi) is 11.8. The van der Waals surface area contributed by atoms with Crippen molar-refractivity contribution in [3.05, 3.63) is 47.1 Å². The highest BCUT2D eigenvalue weighted by Crippen LogP contribution is 2.41. The number of benzene rings is 2. The molecule has 0 bridgehead atoms. The summed E-state index contributed by atoms with van der Waals surface area (Å²) < 4.78 is 59.1. The zero-order valence-electron chi connectivity index (χ0n) is 27.5. The van der Waals surface area contributed by atoms with Gasteiger partial charge in [-0.2, -0.15) is 18.2 Å². The van der Waals surface area contributed by atoms with Gasteiger partial charge in [0.15, 0.2) is 6.61 Å². The summed E-state index contributed by atoms with van der Waals surface area (Å²) >= 11 is 3.44. The van der Waals surface area contributed by atoms with E-state index < -0.39 is 25.8 Å². The molecular weight excluding hydrogens is 724 g/mol. The minimum atomic E-state index is -4.60. The summed E-state index contributed by atoms with van der Waals surface area (Å²) in [4.78, 5) is 26.1. The molecule has 2 fully saturated rings. The molecule has 4 N–H and O–H groups in total. The molecule has 16 heteroatoms. The average Bonchev–Trinajstić information content (AvgIpc) is 3.06. The number of hydrogen-bond acceptors (Lipinski definition) is 10. The van der Waals surface area contributed by atoms with Crippen LogP contribution in [0.4, 0.5) is 47.7 Å². The number of ether oxygens (including phenoxy) is 1. The predicted molar refractivity (Wildman–Crippen MR) is 192 cm³/mol. The normalized spacial score (nSPS) is 16.0. The second kappa shape index (κ2) is 15.8. The number of alkyl halides is 3. The van der Waals surface area contributed by atoms with Crippen LogP contribution in [0.1, 0.15) is 19.8 Å². The summed E-state index contributed by atoms with van der Waals surface area (Å²) in [5, 5.41) is 13.0. The van der Waals surface area contributed by atoms with Crippen LogP contribution in [0, 0.1) is 11.8 Å². The van der Waals surface area contributed by atoms with Crippen molar-refractivity contribution in [3.8, 4) is 17.6 Å². The Balaban J connectivity index is 1.48. The summed E-state index contributed by atoms with van der Waals surface area (Å²) in [5.41, 5.74) is 1.56. The first kappa shape index (κ1) is 36.5. The maximum atomic E-state index is 13.4. The van der Waals surface area contributed by atoms with Gasteiger partial charge in [-0.3, -0.25) is 9.69 Å². The number of nitrogens with zero attached hydrogens (tertiary/aromatic N) is 4. The van der Waals surface area contributed by atoms with Gasteiger partial charge in [0.1, 0.15) is 18.7 Å². The summed E-state index contributed by atoms with van der Waals surface area (Å²) in [6.07, 6.45) is -1.40. The van der Waals surface area contributed by atoms with Gasteiger partial charge >= 0.3 is 6.18 Å². The molecule has 2 aliphatic heterocycles. The quantitative estimate of drug-likeness (QED) is 0.150. The maximum absolute atomic E-state index is 13.4. The molecule has 0 spiro atoms.